The Bertz CT molecular complexity index is 1110. The Kier molecular flexibility index (Phi) is 9.53. The lowest BCUT2D eigenvalue weighted by Crippen LogP contribution is -2.14. The largest absolute Gasteiger partial charge is 0.207 e. The van der Waals surface area contributed by atoms with Crippen molar-refractivity contribution in [3.8, 4) is 0 Å². The summed E-state index contributed by atoms with van der Waals surface area (Å²) >= 11 is 5.71. The average molecular weight is 513 g/mol. The van der Waals surface area contributed by atoms with Gasteiger partial charge >= 0.3 is 0 Å². The number of halogens is 4. The third kappa shape index (κ3) is 7.16. The van der Waals surface area contributed by atoms with Gasteiger partial charge in [0, 0.05) is 5.56 Å². The summed E-state index contributed by atoms with van der Waals surface area (Å²) in [6.07, 6.45) is 10.5. The van der Waals surface area contributed by atoms with E-state index in [1.165, 1.54) is 73.9 Å². The van der Waals surface area contributed by atoms with Crippen molar-refractivity contribution < 1.29 is 13.2 Å². The summed E-state index contributed by atoms with van der Waals surface area (Å²) in [5.74, 6) is -0.295. The molecule has 0 bridgehead atoms. The smallest absolute Gasteiger partial charge is 0.142 e. The highest BCUT2D eigenvalue weighted by Crippen LogP contribution is 2.37. The van der Waals surface area contributed by atoms with Crippen molar-refractivity contribution in [1.29, 1.82) is 0 Å². The Hall–Kier alpha value is -2.26. The fourth-order valence-corrected chi connectivity index (χ4v) is 5.61. The van der Waals surface area contributed by atoms with Gasteiger partial charge in [-0.3, -0.25) is 0 Å². The zero-order valence-corrected chi connectivity index (χ0v) is 21.9. The fraction of sp³-hybridized carbons (Fsp3) is 0.438. The van der Waals surface area contributed by atoms with Gasteiger partial charge in [0.15, 0.2) is 0 Å². The van der Waals surface area contributed by atoms with Crippen LogP contribution in [-0.2, 0) is 25.7 Å². The van der Waals surface area contributed by atoms with Gasteiger partial charge in [-0.25, -0.2) is 13.2 Å². The summed E-state index contributed by atoms with van der Waals surface area (Å²) in [7, 11) is 0. The maximum absolute atomic E-state index is 14.7. The van der Waals surface area contributed by atoms with E-state index < -0.39 is 17.5 Å². The first-order chi connectivity index (χ1) is 17.4. The Labute approximate surface area is 218 Å². The van der Waals surface area contributed by atoms with E-state index in [-0.39, 0.29) is 17.0 Å². The molecule has 0 radical (unpaired) electrons. The molecule has 1 aliphatic rings. The number of aryl methyl sites for hydroxylation is 3. The summed E-state index contributed by atoms with van der Waals surface area (Å²) in [4.78, 5) is 0. The van der Waals surface area contributed by atoms with Crippen LogP contribution in [0.1, 0.15) is 85.6 Å². The predicted octanol–water partition coefficient (Wildman–Crippen LogP) is 9.79. The summed E-state index contributed by atoms with van der Waals surface area (Å²) < 4.78 is 43.1. The van der Waals surface area contributed by atoms with E-state index in [0.29, 0.717) is 30.2 Å². The lowest BCUT2D eigenvalue weighted by molar-refractivity contribution is 0.310. The van der Waals surface area contributed by atoms with Gasteiger partial charge in [-0.1, -0.05) is 55.3 Å². The Balaban J connectivity index is 1.26. The number of hydrogen-bond donors (Lipinski definition) is 0. The quantitative estimate of drug-likeness (QED) is 0.253. The molecule has 0 unspecified atom stereocenters. The van der Waals surface area contributed by atoms with Gasteiger partial charge in [0.25, 0.3) is 0 Å². The molecular weight excluding hydrogens is 477 g/mol. The van der Waals surface area contributed by atoms with Gasteiger partial charge in [0.1, 0.15) is 17.5 Å². The summed E-state index contributed by atoms with van der Waals surface area (Å²) in [5.41, 5.74) is 4.34. The fourth-order valence-electron chi connectivity index (χ4n) is 5.50. The zero-order valence-electron chi connectivity index (χ0n) is 21.1. The van der Waals surface area contributed by atoms with Crippen LogP contribution >= 0.6 is 11.6 Å². The van der Waals surface area contributed by atoms with Gasteiger partial charge in [-0.05, 0) is 123 Å². The van der Waals surface area contributed by atoms with Crippen molar-refractivity contribution in [3.05, 3.63) is 105 Å². The summed E-state index contributed by atoms with van der Waals surface area (Å²) in [6, 6.07) is 16.6. The molecule has 1 fully saturated rings. The van der Waals surface area contributed by atoms with Crippen LogP contribution in [-0.4, -0.2) is 0 Å². The van der Waals surface area contributed by atoms with Crippen molar-refractivity contribution in [2.75, 3.05) is 0 Å². The van der Waals surface area contributed by atoms with E-state index in [0.717, 1.165) is 18.4 Å². The third-order valence-corrected chi connectivity index (χ3v) is 8.11. The molecule has 192 valence electrons. The molecule has 0 spiro atoms. The van der Waals surface area contributed by atoms with E-state index in [9.17, 15) is 13.2 Å². The monoisotopic (exact) mass is 512 g/mol. The molecule has 0 aliphatic heterocycles. The second-order valence-electron chi connectivity index (χ2n) is 10.4. The molecular formula is C32H36ClF3. The van der Waals surface area contributed by atoms with Crippen LogP contribution in [0, 0.1) is 23.4 Å². The highest BCUT2D eigenvalue weighted by atomic mass is 35.5. The minimum atomic E-state index is -0.514. The van der Waals surface area contributed by atoms with Crippen molar-refractivity contribution in [3.63, 3.8) is 0 Å². The molecule has 1 aliphatic carbocycles. The van der Waals surface area contributed by atoms with Crippen LogP contribution in [0.5, 0.6) is 0 Å². The molecule has 3 aromatic carbocycles. The topological polar surface area (TPSA) is 0 Å². The van der Waals surface area contributed by atoms with Crippen molar-refractivity contribution in [1.82, 2.24) is 0 Å². The maximum Gasteiger partial charge on any atom is 0.142 e. The van der Waals surface area contributed by atoms with Crippen LogP contribution < -0.4 is 0 Å². The van der Waals surface area contributed by atoms with Gasteiger partial charge in [0.2, 0.25) is 0 Å². The lowest BCUT2D eigenvalue weighted by atomic mass is 9.76. The summed E-state index contributed by atoms with van der Waals surface area (Å²) in [6.45, 7) is 2.23. The Morgan fingerprint density at radius 3 is 1.97 bits per heavy atom. The molecule has 4 rings (SSSR count). The van der Waals surface area contributed by atoms with Crippen LogP contribution in [0.2, 0.25) is 5.02 Å². The van der Waals surface area contributed by atoms with E-state index in [4.69, 9.17) is 11.6 Å². The minimum Gasteiger partial charge on any atom is -0.207 e. The van der Waals surface area contributed by atoms with Crippen molar-refractivity contribution >= 4 is 11.6 Å². The van der Waals surface area contributed by atoms with Crippen LogP contribution in [0.4, 0.5) is 13.2 Å². The molecule has 4 heteroatoms. The first kappa shape index (κ1) is 26.8. The maximum atomic E-state index is 14.7. The van der Waals surface area contributed by atoms with Crippen LogP contribution in [0.3, 0.4) is 0 Å². The molecule has 0 atom stereocenters. The molecule has 0 amide bonds. The van der Waals surface area contributed by atoms with Gasteiger partial charge < -0.3 is 0 Å². The first-order valence-corrected chi connectivity index (χ1v) is 13.8. The number of rotatable bonds is 10. The van der Waals surface area contributed by atoms with E-state index in [2.05, 4.69) is 31.2 Å². The first-order valence-electron chi connectivity index (χ1n) is 13.4. The van der Waals surface area contributed by atoms with E-state index >= 15 is 0 Å². The number of hydrogen-bond acceptors (Lipinski definition) is 0. The molecule has 0 heterocycles. The van der Waals surface area contributed by atoms with Crippen molar-refractivity contribution in [2.45, 2.75) is 83.5 Å². The standard InChI is InChI=1S/C32H36ClF3/c1-2-3-4-22-7-13-26(14-8-22)27-15-9-23(10-16-27)5-6-25-20-30(34)28(31(35)21-25)17-11-24-12-18-29(33)32(36)19-24/h7-8,12-14,18-21,23,27H,2-6,9-11,15-17H2,1H3. The second kappa shape index (κ2) is 12.8. The van der Waals surface area contributed by atoms with Gasteiger partial charge in [-0.2, -0.15) is 0 Å². The Morgan fingerprint density at radius 2 is 1.33 bits per heavy atom. The molecule has 0 N–H and O–H groups in total. The average Bonchev–Trinajstić information content (AvgIpc) is 2.88. The lowest BCUT2D eigenvalue weighted by Gasteiger charge is -2.29. The Morgan fingerprint density at radius 1 is 0.694 bits per heavy atom. The highest BCUT2D eigenvalue weighted by molar-refractivity contribution is 6.30. The number of unbranched alkanes of at least 4 members (excludes halogenated alkanes) is 1. The molecule has 1 saturated carbocycles. The van der Waals surface area contributed by atoms with Crippen molar-refractivity contribution in [2.24, 2.45) is 5.92 Å². The highest BCUT2D eigenvalue weighted by Gasteiger charge is 2.22. The summed E-state index contributed by atoms with van der Waals surface area (Å²) in [5, 5.41) is 0.0467. The van der Waals surface area contributed by atoms with E-state index in [1.807, 2.05) is 0 Å². The van der Waals surface area contributed by atoms with Gasteiger partial charge in [-0.15, -0.1) is 0 Å². The number of benzene rings is 3. The normalized spacial score (nSPS) is 17.9. The van der Waals surface area contributed by atoms with Gasteiger partial charge in [0.05, 0.1) is 5.02 Å². The zero-order chi connectivity index (χ0) is 25.5. The molecule has 0 nitrogen and oxygen atoms in total. The van der Waals surface area contributed by atoms with E-state index in [1.54, 1.807) is 6.07 Å². The molecule has 36 heavy (non-hydrogen) atoms. The molecule has 0 aromatic heterocycles. The second-order valence-corrected chi connectivity index (χ2v) is 10.8. The predicted molar refractivity (Wildman–Crippen MR) is 143 cm³/mol. The van der Waals surface area contributed by atoms with Crippen LogP contribution in [0.15, 0.2) is 54.6 Å². The van der Waals surface area contributed by atoms with Crippen LogP contribution in [0.25, 0.3) is 0 Å². The minimum absolute atomic E-state index is 0.0467. The molecule has 0 saturated heterocycles. The third-order valence-electron chi connectivity index (χ3n) is 7.81. The SMILES string of the molecule is CCCCc1ccc(C2CCC(CCc3cc(F)c(CCc4ccc(Cl)c(F)c4)c(F)c3)CC2)cc1. The molecule has 3 aromatic rings.